The Morgan fingerprint density at radius 3 is 2.60 bits per heavy atom. The number of carbonyl (C=O) groups is 1. The summed E-state index contributed by atoms with van der Waals surface area (Å²) in [5.41, 5.74) is -0.597. The van der Waals surface area contributed by atoms with Crippen molar-refractivity contribution in [2.45, 2.75) is 45.6 Å². The molecular weight excluding hydrogens is 192 g/mol. The van der Waals surface area contributed by atoms with E-state index in [4.69, 9.17) is 10.4 Å². The van der Waals surface area contributed by atoms with Gasteiger partial charge < -0.3 is 5.11 Å². The Morgan fingerprint density at radius 1 is 1.60 bits per heavy atom. The number of nitriles is 1. The number of rotatable bonds is 7. The molecule has 0 rings (SSSR count). The first-order chi connectivity index (χ1) is 6.89. The average molecular weight is 212 g/mol. The molecule has 0 aromatic heterocycles. The van der Waals surface area contributed by atoms with E-state index in [1.807, 2.05) is 6.92 Å². The van der Waals surface area contributed by atoms with Gasteiger partial charge in [0.05, 0.1) is 6.07 Å². The van der Waals surface area contributed by atoms with Gasteiger partial charge in [-0.3, -0.25) is 10.1 Å². The van der Waals surface area contributed by atoms with Crippen LogP contribution in [0.25, 0.3) is 0 Å². The van der Waals surface area contributed by atoms with Crippen LogP contribution >= 0.6 is 0 Å². The van der Waals surface area contributed by atoms with Gasteiger partial charge in [0, 0.05) is 6.42 Å². The van der Waals surface area contributed by atoms with E-state index < -0.39 is 11.5 Å². The fourth-order valence-electron chi connectivity index (χ4n) is 1.21. The summed E-state index contributed by atoms with van der Waals surface area (Å²) >= 11 is 0. The van der Waals surface area contributed by atoms with E-state index in [0.717, 1.165) is 6.54 Å². The molecule has 1 atom stereocenters. The lowest BCUT2D eigenvalue weighted by Crippen LogP contribution is -2.42. The molecule has 1 unspecified atom stereocenters. The van der Waals surface area contributed by atoms with Crippen LogP contribution in [0.1, 0.15) is 40.0 Å². The molecule has 0 aromatic rings. The standard InChI is InChI=1S/C11H20N2O2/c1-9(2)7-13-11(3,8-12)6-4-5-10(14)15/h9,13H,4-7H2,1-3H3,(H,14,15). The Bertz CT molecular complexity index is 245. The van der Waals surface area contributed by atoms with Crippen LogP contribution in [0.3, 0.4) is 0 Å². The quantitative estimate of drug-likeness (QED) is 0.674. The average Bonchev–Trinajstić information content (AvgIpc) is 2.14. The summed E-state index contributed by atoms with van der Waals surface area (Å²) in [6.07, 6.45) is 1.23. The predicted octanol–water partition coefficient (Wildman–Crippen LogP) is 1.77. The molecule has 2 N–H and O–H groups in total. The van der Waals surface area contributed by atoms with E-state index in [-0.39, 0.29) is 6.42 Å². The van der Waals surface area contributed by atoms with E-state index in [2.05, 4.69) is 25.2 Å². The van der Waals surface area contributed by atoms with Crippen LogP contribution in [0.5, 0.6) is 0 Å². The number of nitrogens with zero attached hydrogens (tertiary/aromatic N) is 1. The van der Waals surface area contributed by atoms with Gasteiger partial charge in [-0.1, -0.05) is 13.8 Å². The molecule has 0 aliphatic heterocycles. The topological polar surface area (TPSA) is 73.1 Å². The maximum Gasteiger partial charge on any atom is 0.303 e. The van der Waals surface area contributed by atoms with E-state index in [1.54, 1.807) is 0 Å². The van der Waals surface area contributed by atoms with Gasteiger partial charge in [0.1, 0.15) is 5.54 Å². The van der Waals surface area contributed by atoms with Gasteiger partial charge in [-0.05, 0) is 32.2 Å². The Labute approximate surface area is 91.3 Å². The molecule has 0 radical (unpaired) electrons. The summed E-state index contributed by atoms with van der Waals surface area (Å²) < 4.78 is 0. The van der Waals surface area contributed by atoms with Gasteiger partial charge >= 0.3 is 5.97 Å². The number of aliphatic carboxylic acids is 1. The minimum Gasteiger partial charge on any atom is -0.481 e. The fourth-order valence-corrected chi connectivity index (χ4v) is 1.21. The number of carboxylic acids is 1. The number of carboxylic acid groups (broad SMARTS) is 1. The van der Waals surface area contributed by atoms with Crippen LogP contribution in [0.15, 0.2) is 0 Å². The largest absolute Gasteiger partial charge is 0.481 e. The summed E-state index contributed by atoms with van der Waals surface area (Å²) in [7, 11) is 0. The lowest BCUT2D eigenvalue weighted by Gasteiger charge is -2.24. The molecule has 4 heteroatoms. The third kappa shape index (κ3) is 6.92. The van der Waals surface area contributed by atoms with Gasteiger partial charge in [0.2, 0.25) is 0 Å². The summed E-state index contributed by atoms with van der Waals surface area (Å²) in [5, 5.41) is 20.7. The number of nitrogens with one attached hydrogen (secondary N) is 1. The highest BCUT2D eigenvalue weighted by atomic mass is 16.4. The monoisotopic (exact) mass is 212 g/mol. The third-order valence-electron chi connectivity index (χ3n) is 2.21. The Morgan fingerprint density at radius 2 is 2.20 bits per heavy atom. The van der Waals surface area contributed by atoms with Crippen molar-refractivity contribution in [1.29, 1.82) is 5.26 Å². The first kappa shape index (κ1) is 13.9. The molecule has 15 heavy (non-hydrogen) atoms. The van der Waals surface area contributed by atoms with Crippen molar-refractivity contribution in [2.24, 2.45) is 5.92 Å². The molecule has 0 amide bonds. The molecule has 86 valence electrons. The van der Waals surface area contributed by atoms with E-state index in [1.165, 1.54) is 0 Å². The minimum absolute atomic E-state index is 0.126. The van der Waals surface area contributed by atoms with Crippen LogP contribution in [0.4, 0.5) is 0 Å². The molecule has 0 aliphatic carbocycles. The minimum atomic E-state index is -0.806. The SMILES string of the molecule is CC(C)CNC(C)(C#N)CCCC(=O)O. The maximum absolute atomic E-state index is 10.3. The van der Waals surface area contributed by atoms with Crippen LogP contribution < -0.4 is 5.32 Å². The molecule has 0 aliphatic rings. The zero-order valence-corrected chi connectivity index (χ0v) is 9.71. The van der Waals surface area contributed by atoms with Crippen molar-refractivity contribution in [2.75, 3.05) is 6.54 Å². The molecule has 0 aromatic carbocycles. The van der Waals surface area contributed by atoms with E-state index in [0.29, 0.717) is 18.8 Å². The van der Waals surface area contributed by atoms with Gasteiger partial charge in [0.25, 0.3) is 0 Å². The molecule has 0 saturated heterocycles. The Balaban J connectivity index is 3.97. The Kier molecular flexibility index (Phi) is 5.95. The predicted molar refractivity (Wildman–Crippen MR) is 58.3 cm³/mol. The smallest absolute Gasteiger partial charge is 0.303 e. The molecule has 0 spiro atoms. The summed E-state index contributed by atoms with van der Waals surface area (Å²) in [6.45, 7) is 6.73. The van der Waals surface area contributed by atoms with Gasteiger partial charge in [0.15, 0.2) is 0 Å². The number of hydrogen-bond acceptors (Lipinski definition) is 3. The maximum atomic E-state index is 10.3. The lowest BCUT2D eigenvalue weighted by molar-refractivity contribution is -0.137. The summed E-state index contributed by atoms with van der Waals surface area (Å²) in [5.74, 6) is -0.323. The highest BCUT2D eigenvalue weighted by Crippen LogP contribution is 2.13. The first-order valence-corrected chi connectivity index (χ1v) is 5.27. The molecule has 0 bridgehead atoms. The van der Waals surface area contributed by atoms with Gasteiger partial charge in [-0.15, -0.1) is 0 Å². The van der Waals surface area contributed by atoms with Gasteiger partial charge in [-0.2, -0.15) is 5.26 Å². The normalized spacial score (nSPS) is 14.6. The van der Waals surface area contributed by atoms with Crippen molar-refractivity contribution in [3.05, 3.63) is 0 Å². The highest BCUT2D eigenvalue weighted by Gasteiger charge is 2.22. The van der Waals surface area contributed by atoms with Crippen molar-refractivity contribution < 1.29 is 9.90 Å². The molecule has 0 saturated carbocycles. The molecule has 0 heterocycles. The van der Waals surface area contributed by atoms with Crippen molar-refractivity contribution in [3.63, 3.8) is 0 Å². The molecule has 4 nitrogen and oxygen atoms in total. The summed E-state index contributed by atoms with van der Waals surface area (Å²) in [4.78, 5) is 10.3. The fraction of sp³-hybridized carbons (Fsp3) is 0.818. The summed E-state index contributed by atoms with van der Waals surface area (Å²) in [6, 6.07) is 2.20. The zero-order valence-electron chi connectivity index (χ0n) is 9.71. The lowest BCUT2D eigenvalue weighted by atomic mass is 9.96. The molecule has 0 fully saturated rings. The number of hydrogen-bond donors (Lipinski definition) is 2. The van der Waals surface area contributed by atoms with E-state index in [9.17, 15) is 4.79 Å². The third-order valence-corrected chi connectivity index (χ3v) is 2.21. The van der Waals surface area contributed by atoms with Crippen LogP contribution in [0, 0.1) is 17.2 Å². The van der Waals surface area contributed by atoms with Crippen molar-refractivity contribution >= 4 is 5.97 Å². The van der Waals surface area contributed by atoms with Crippen molar-refractivity contribution in [1.82, 2.24) is 5.32 Å². The first-order valence-electron chi connectivity index (χ1n) is 5.27. The van der Waals surface area contributed by atoms with E-state index >= 15 is 0 Å². The Hall–Kier alpha value is -1.08. The van der Waals surface area contributed by atoms with Gasteiger partial charge in [-0.25, -0.2) is 0 Å². The van der Waals surface area contributed by atoms with Crippen LogP contribution in [-0.2, 0) is 4.79 Å². The second-order valence-corrected chi connectivity index (χ2v) is 4.47. The van der Waals surface area contributed by atoms with Crippen LogP contribution in [0.2, 0.25) is 0 Å². The zero-order chi connectivity index (χ0) is 11.9. The second-order valence-electron chi connectivity index (χ2n) is 4.47. The second kappa shape index (κ2) is 6.41. The molecular formula is C11H20N2O2. The highest BCUT2D eigenvalue weighted by molar-refractivity contribution is 5.66. The van der Waals surface area contributed by atoms with Crippen molar-refractivity contribution in [3.8, 4) is 6.07 Å². The van der Waals surface area contributed by atoms with Crippen LogP contribution in [-0.4, -0.2) is 23.2 Å².